The Bertz CT molecular complexity index is 920. The molecule has 1 fully saturated rings. The number of halogens is 1. The summed E-state index contributed by atoms with van der Waals surface area (Å²) in [6.45, 7) is 0.884. The fourth-order valence-electron chi connectivity index (χ4n) is 2.49. The number of benzene rings is 1. The van der Waals surface area contributed by atoms with Gasteiger partial charge in [0.2, 0.25) is 0 Å². The van der Waals surface area contributed by atoms with E-state index in [-0.39, 0.29) is 24.5 Å². The molecule has 1 amide bonds. The van der Waals surface area contributed by atoms with Gasteiger partial charge in [-0.05, 0) is 18.2 Å². The smallest absolute Gasteiger partial charge is 0.256 e. The van der Waals surface area contributed by atoms with Crippen molar-refractivity contribution in [1.82, 2.24) is 14.9 Å². The largest absolute Gasteiger partial charge is 0.365 e. The van der Waals surface area contributed by atoms with Gasteiger partial charge in [0.15, 0.2) is 12.3 Å². The van der Waals surface area contributed by atoms with Crippen LogP contribution < -0.4 is 5.32 Å². The third-order valence-corrected chi connectivity index (χ3v) is 3.74. The van der Waals surface area contributed by atoms with Crippen molar-refractivity contribution in [2.45, 2.75) is 6.10 Å². The molecule has 0 radical (unpaired) electrons. The number of rotatable bonds is 3. The molecule has 0 aliphatic carbocycles. The van der Waals surface area contributed by atoms with Crippen LogP contribution in [0.5, 0.6) is 0 Å². The predicted octanol–water partition coefficient (Wildman–Crippen LogP) is 1.27. The molecule has 0 saturated carbocycles. The zero-order valence-electron chi connectivity index (χ0n) is 13.5. The van der Waals surface area contributed by atoms with E-state index in [2.05, 4.69) is 15.3 Å². The number of anilines is 1. The van der Waals surface area contributed by atoms with Crippen LogP contribution in [-0.4, -0.2) is 46.6 Å². The van der Waals surface area contributed by atoms with Crippen LogP contribution in [0.4, 0.5) is 10.2 Å². The molecule has 1 aromatic carbocycles. The molecule has 1 atom stereocenters. The van der Waals surface area contributed by atoms with Crippen LogP contribution in [-0.2, 0) is 9.53 Å². The van der Waals surface area contributed by atoms with E-state index in [1.807, 2.05) is 12.3 Å². The van der Waals surface area contributed by atoms with E-state index in [1.165, 1.54) is 29.4 Å². The van der Waals surface area contributed by atoms with Gasteiger partial charge in [0, 0.05) is 11.6 Å². The number of carbonyl (C=O) groups is 1. The van der Waals surface area contributed by atoms with Crippen LogP contribution in [0.1, 0.15) is 5.56 Å². The standard InChI is InChI=1S/C17H13FN6O2/c18-13-4-11(7-19)3-12(5-13)14-6-16(22-10-21-14)23-17(25)15-8-24(9-20)1-2-26-15/h3-6,10,15H,1-2,8H2,(H,21,22,23,25). The summed E-state index contributed by atoms with van der Waals surface area (Å²) in [5.41, 5.74) is 0.912. The van der Waals surface area contributed by atoms with Gasteiger partial charge in [0.25, 0.3) is 5.91 Å². The number of nitrogens with zero attached hydrogens (tertiary/aromatic N) is 5. The molecule has 8 nitrogen and oxygen atoms in total. The van der Waals surface area contributed by atoms with Crippen LogP contribution in [0.2, 0.25) is 0 Å². The Morgan fingerprint density at radius 3 is 2.92 bits per heavy atom. The highest BCUT2D eigenvalue weighted by molar-refractivity contribution is 5.94. The quantitative estimate of drug-likeness (QED) is 0.827. The molecule has 1 aliphatic heterocycles. The number of carbonyl (C=O) groups excluding carboxylic acids is 1. The summed E-state index contributed by atoms with van der Waals surface area (Å²) in [6.07, 6.45) is 2.42. The predicted molar refractivity (Wildman–Crippen MR) is 87.7 cm³/mol. The van der Waals surface area contributed by atoms with Crippen molar-refractivity contribution in [3.05, 3.63) is 42.0 Å². The minimum atomic E-state index is -0.791. The van der Waals surface area contributed by atoms with Crippen LogP contribution in [0.25, 0.3) is 11.3 Å². The second-order valence-corrected chi connectivity index (χ2v) is 5.52. The highest BCUT2D eigenvalue weighted by Gasteiger charge is 2.26. The fraction of sp³-hybridized carbons (Fsp3) is 0.235. The number of ether oxygens (including phenoxy) is 1. The van der Waals surface area contributed by atoms with Gasteiger partial charge in [0.05, 0.1) is 37.0 Å². The van der Waals surface area contributed by atoms with Crippen molar-refractivity contribution in [1.29, 1.82) is 10.5 Å². The maximum absolute atomic E-state index is 13.6. The van der Waals surface area contributed by atoms with Crippen molar-refractivity contribution in [2.75, 3.05) is 25.0 Å². The van der Waals surface area contributed by atoms with Gasteiger partial charge in [-0.1, -0.05) is 0 Å². The molecule has 1 saturated heterocycles. The second kappa shape index (κ2) is 7.55. The first-order valence-electron chi connectivity index (χ1n) is 7.69. The highest BCUT2D eigenvalue weighted by Crippen LogP contribution is 2.21. The van der Waals surface area contributed by atoms with E-state index in [4.69, 9.17) is 15.3 Å². The van der Waals surface area contributed by atoms with Gasteiger partial charge in [0.1, 0.15) is 18.0 Å². The van der Waals surface area contributed by atoms with E-state index in [9.17, 15) is 9.18 Å². The van der Waals surface area contributed by atoms with Crippen molar-refractivity contribution >= 4 is 11.7 Å². The number of nitrogens with one attached hydrogen (secondary N) is 1. The SMILES string of the molecule is N#Cc1cc(F)cc(-c2cc(NC(=O)C3CN(C#N)CCO3)ncn2)c1. The van der Waals surface area contributed by atoms with E-state index in [0.717, 1.165) is 6.07 Å². The van der Waals surface area contributed by atoms with Crippen molar-refractivity contribution < 1.29 is 13.9 Å². The van der Waals surface area contributed by atoms with Gasteiger partial charge in [-0.15, -0.1) is 0 Å². The summed E-state index contributed by atoms with van der Waals surface area (Å²) in [6, 6.07) is 7.20. The van der Waals surface area contributed by atoms with Crippen LogP contribution in [0, 0.1) is 28.6 Å². The molecule has 3 rings (SSSR count). The average molecular weight is 352 g/mol. The lowest BCUT2D eigenvalue weighted by Crippen LogP contribution is -2.46. The summed E-state index contributed by atoms with van der Waals surface area (Å²) < 4.78 is 19.0. The molecule has 2 heterocycles. The lowest BCUT2D eigenvalue weighted by Gasteiger charge is -2.28. The van der Waals surface area contributed by atoms with Crippen LogP contribution in [0.3, 0.4) is 0 Å². The first-order valence-corrected chi connectivity index (χ1v) is 7.69. The Balaban J connectivity index is 1.78. The Kier molecular flexibility index (Phi) is 5.02. The Morgan fingerprint density at radius 2 is 2.15 bits per heavy atom. The summed E-state index contributed by atoms with van der Waals surface area (Å²) in [7, 11) is 0. The third-order valence-electron chi connectivity index (χ3n) is 3.74. The lowest BCUT2D eigenvalue weighted by atomic mass is 10.1. The molecule has 130 valence electrons. The second-order valence-electron chi connectivity index (χ2n) is 5.52. The summed E-state index contributed by atoms with van der Waals surface area (Å²) in [5.74, 6) is -0.789. The maximum atomic E-state index is 13.6. The molecule has 2 aromatic rings. The van der Waals surface area contributed by atoms with E-state index >= 15 is 0 Å². The third kappa shape index (κ3) is 3.91. The molecule has 0 bridgehead atoms. The Morgan fingerprint density at radius 1 is 1.31 bits per heavy atom. The highest BCUT2D eigenvalue weighted by atomic mass is 19.1. The number of aromatic nitrogens is 2. The summed E-state index contributed by atoms with van der Waals surface area (Å²) in [4.78, 5) is 21.8. The summed E-state index contributed by atoms with van der Waals surface area (Å²) >= 11 is 0. The number of hydrogen-bond acceptors (Lipinski definition) is 7. The topological polar surface area (TPSA) is 115 Å². The van der Waals surface area contributed by atoms with E-state index in [1.54, 1.807) is 0 Å². The number of amides is 1. The average Bonchev–Trinajstić information content (AvgIpc) is 2.67. The minimum Gasteiger partial charge on any atom is -0.365 e. The molecule has 1 aliphatic rings. The Labute approximate surface area is 148 Å². The maximum Gasteiger partial charge on any atom is 0.256 e. The summed E-state index contributed by atoms with van der Waals surface area (Å²) in [5, 5.41) is 20.5. The van der Waals surface area contributed by atoms with Gasteiger partial charge < -0.3 is 15.0 Å². The van der Waals surface area contributed by atoms with Gasteiger partial charge in [-0.25, -0.2) is 14.4 Å². The van der Waals surface area contributed by atoms with Gasteiger partial charge in [-0.3, -0.25) is 4.79 Å². The first-order chi connectivity index (χ1) is 12.6. The zero-order chi connectivity index (χ0) is 18.5. The van der Waals surface area contributed by atoms with E-state index in [0.29, 0.717) is 17.8 Å². The molecule has 9 heteroatoms. The van der Waals surface area contributed by atoms with E-state index < -0.39 is 17.8 Å². The van der Waals surface area contributed by atoms with Crippen LogP contribution >= 0.6 is 0 Å². The van der Waals surface area contributed by atoms with Crippen molar-refractivity contribution in [3.63, 3.8) is 0 Å². The lowest BCUT2D eigenvalue weighted by molar-refractivity contribution is -0.131. The number of morpholine rings is 1. The number of hydrogen-bond donors (Lipinski definition) is 1. The fourth-order valence-corrected chi connectivity index (χ4v) is 2.49. The molecule has 1 N–H and O–H groups in total. The van der Waals surface area contributed by atoms with Crippen molar-refractivity contribution in [3.8, 4) is 23.5 Å². The normalized spacial score (nSPS) is 16.4. The molecular formula is C17H13FN6O2. The van der Waals surface area contributed by atoms with Crippen LogP contribution in [0.15, 0.2) is 30.6 Å². The van der Waals surface area contributed by atoms with Gasteiger partial charge in [-0.2, -0.15) is 10.5 Å². The molecule has 1 aromatic heterocycles. The molecule has 0 spiro atoms. The Hall–Kier alpha value is -3.56. The first kappa shape index (κ1) is 17.3. The molecule has 1 unspecified atom stereocenters. The number of nitriles is 2. The minimum absolute atomic E-state index is 0.162. The van der Waals surface area contributed by atoms with Gasteiger partial charge >= 0.3 is 0 Å². The molecule has 26 heavy (non-hydrogen) atoms. The zero-order valence-corrected chi connectivity index (χ0v) is 13.5. The molecular weight excluding hydrogens is 339 g/mol. The van der Waals surface area contributed by atoms with Crippen molar-refractivity contribution in [2.24, 2.45) is 0 Å². The monoisotopic (exact) mass is 352 g/mol.